The summed E-state index contributed by atoms with van der Waals surface area (Å²) in [6.07, 6.45) is -2.38. The molecule has 0 saturated carbocycles. The number of benzene rings is 1. The van der Waals surface area contributed by atoms with E-state index in [9.17, 15) is 13.2 Å². The van der Waals surface area contributed by atoms with Crippen molar-refractivity contribution in [2.24, 2.45) is 5.92 Å². The van der Waals surface area contributed by atoms with Gasteiger partial charge in [0.05, 0.1) is 13.2 Å². The van der Waals surface area contributed by atoms with Crippen LogP contribution in [0.5, 0.6) is 5.75 Å². The SMILES string of the molecule is Cl.FC(F)(F)CN1CCCC(COc2ccc(I)cc2)C1. The summed E-state index contributed by atoms with van der Waals surface area (Å²) in [6, 6.07) is 7.68. The number of hydrogen-bond donors (Lipinski definition) is 0. The van der Waals surface area contributed by atoms with Crippen molar-refractivity contribution < 1.29 is 17.9 Å². The van der Waals surface area contributed by atoms with E-state index in [0.717, 1.165) is 22.2 Å². The van der Waals surface area contributed by atoms with Crippen LogP contribution in [0.4, 0.5) is 13.2 Å². The number of halogens is 5. The van der Waals surface area contributed by atoms with E-state index in [2.05, 4.69) is 22.6 Å². The van der Waals surface area contributed by atoms with E-state index in [0.29, 0.717) is 19.7 Å². The molecule has 0 N–H and O–H groups in total. The topological polar surface area (TPSA) is 12.5 Å². The van der Waals surface area contributed by atoms with Crippen molar-refractivity contribution >= 4 is 35.0 Å². The highest BCUT2D eigenvalue weighted by atomic mass is 127. The molecule has 1 aliphatic rings. The van der Waals surface area contributed by atoms with Crippen LogP contribution >= 0.6 is 35.0 Å². The van der Waals surface area contributed by atoms with Gasteiger partial charge in [-0.15, -0.1) is 12.4 Å². The van der Waals surface area contributed by atoms with Gasteiger partial charge in [0.25, 0.3) is 0 Å². The molecule has 21 heavy (non-hydrogen) atoms. The van der Waals surface area contributed by atoms with Gasteiger partial charge in [-0.2, -0.15) is 13.2 Å². The van der Waals surface area contributed by atoms with E-state index in [1.54, 1.807) is 0 Å². The fourth-order valence-corrected chi connectivity index (χ4v) is 2.79. The molecule has 0 bridgehead atoms. The van der Waals surface area contributed by atoms with Crippen molar-refractivity contribution in [3.05, 3.63) is 27.8 Å². The summed E-state index contributed by atoms with van der Waals surface area (Å²) in [7, 11) is 0. The van der Waals surface area contributed by atoms with Crippen LogP contribution in [0.3, 0.4) is 0 Å². The molecule has 1 aromatic rings. The Balaban J connectivity index is 0.00000220. The quantitative estimate of drug-likeness (QED) is 0.652. The van der Waals surface area contributed by atoms with Gasteiger partial charge in [0, 0.05) is 16.0 Å². The van der Waals surface area contributed by atoms with Gasteiger partial charge >= 0.3 is 6.18 Å². The van der Waals surface area contributed by atoms with Gasteiger partial charge in [-0.05, 0) is 66.2 Å². The summed E-state index contributed by atoms with van der Waals surface area (Å²) in [5, 5.41) is 0. The van der Waals surface area contributed by atoms with Gasteiger partial charge in [0.1, 0.15) is 5.75 Å². The predicted molar refractivity (Wildman–Crippen MR) is 87.1 cm³/mol. The number of ether oxygens (including phenoxy) is 1. The Morgan fingerprint density at radius 1 is 1.24 bits per heavy atom. The van der Waals surface area contributed by atoms with Crippen LogP contribution in [0.1, 0.15) is 12.8 Å². The summed E-state index contributed by atoms with van der Waals surface area (Å²) in [6.45, 7) is 0.658. The Bertz CT molecular complexity index is 427. The summed E-state index contributed by atoms with van der Waals surface area (Å²) in [4.78, 5) is 1.48. The van der Waals surface area contributed by atoms with E-state index in [4.69, 9.17) is 4.74 Å². The van der Waals surface area contributed by atoms with Crippen LogP contribution < -0.4 is 4.74 Å². The Morgan fingerprint density at radius 2 is 1.90 bits per heavy atom. The lowest BCUT2D eigenvalue weighted by Gasteiger charge is -2.32. The second-order valence-electron chi connectivity index (χ2n) is 5.12. The molecule has 0 aliphatic carbocycles. The Kier molecular flexibility index (Phi) is 7.56. The molecule has 1 fully saturated rings. The minimum Gasteiger partial charge on any atom is -0.493 e. The smallest absolute Gasteiger partial charge is 0.401 e. The monoisotopic (exact) mass is 435 g/mol. The first-order valence-corrected chi connectivity index (χ1v) is 7.68. The Labute approximate surface area is 142 Å². The van der Waals surface area contributed by atoms with Crippen LogP contribution in [-0.4, -0.2) is 37.3 Å². The Hall–Kier alpha value is -0.210. The normalized spacial score (nSPS) is 19.9. The minimum atomic E-state index is -4.11. The van der Waals surface area contributed by atoms with Gasteiger partial charge in [-0.3, -0.25) is 4.90 Å². The number of rotatable bonds is 4. The van der Waals surface area contributed by atoms with Crippen LogP contribution in [0, 0.1) is 9.49 Å². The molecule has 0 radical (unpaired) electrons. The van der Waals surface area contributed by atoms with Gasteiger partial charge < -0.3 is 4.74 Å². The van der Waals surface area contributed by atoms with E-state index < -0.39 is 12.7 Å². The molecule has 1 unspecified atom stereocenters. The predicted octanol–water partition coefficient (Wildman–Crippen LogP) is 4.37. The molecule has 7 heteroatoms. The Morgan fingerprint density at radius 3 is 2.52 bits per heavy atom. The van der Waals surface area contributed by atoms with Gasteiger partial charge in [0.2, 0.25) is 0 Å². The molecule has 2 nitrogen and oxygen atoms in total. The average Bonchev–Trinajstić information content (AvgIpc) is 2.36. The number of nitrogens with zero attached hydrogens (tertiary/aromatic N) is 1. The van der Waals surface area contributed by atoms with Gasteiger partial charge in [-0.25, -0.2) is 0 Å². The highest BCUT2D eigenvalue weighted by Crippen LogP contribution is 2.23. The molecule has 2 rings (SSSR count). The van der Waals surface area contributed by atoms with E-state index in [1.807, 2.05) is 24.3 Å². The number of hydrogen-bond acceptors (Lipinski definition) is 2. The third-order valence-electron chi connectivity index (χ3n) is 3.31. The van der Waals surface area contributed by atoms with Crippen LogP contribution in [0.25, 0.3) is 0 Å². The lowest BCUT2D eigenvalue weighted by molar-refractivity contribution is -0.149. The van der Waals surface area contributed by atoms with Crippen molar-refractivity contribution in [3.63, 3.8) is 0 Å². The van der Waals surface area contributed by atoms with Crippen molar-refractivity contribution in [1.82, 2.24) is 4.90 Å². The van der Waals surface area contributed by atoms with Crippen LogP contribution in [0.15, 0.2) is 24.3 Å². The van der Waals surface area contributed by atoms with Crippen molar-refractivity contribution in [3.8, 4) is 5.75 Å². The highest BCUT2D eigenvalue weighted by Gasteiger charge is 2.33. The molecule has 120 valence electrons. The zero-order valence-electron chi connectivity index (χ0n) is 11.4. The third-order valence-corrected chi connectivity index (χ3v) is 4.02. The van der Waals surface area contributed by atoms with Gasteiger partial charge in [0.15, 0.2) is 0 Å². The van der Waals surface area contributed by atoms with E-state index in [1.165, 1.54) is 4.90 Å². The zero-order chi connectivity index (χ0) is 14.6. The molecular formula is C14H18ClF3INO. The maximum Gasteiger partial charge on any atom is 0.401 e. The maximum atomic E-state index is 12.4. The highest BCUT2D eigenvalue weighted by molar-refractivity contribution is 14.1. The standard InChI is InChI=1S/C14H17F3INO.ClH/c15-14(16,17)10-19-7-1-2-11(8-19)9-20-13-5-3-12(18)4-6-13;/h3-6,11H,1-2,7-10H2;1H. The number of piperidine rings is 1. The third kappa shape index (κ3) is 7.06. The molecule has 1 aliphatic heterocycles. The minimum absolute atomic E-state index is 0. The maximum absolute atomic E-state index is 12.4. The largest absolute Gasteiger partial charge is 0.493 e. The molecule has 1 atom stereocenters. The van der Waals surface area contributed by atoms with Crippen LogP contribution in [0.2, 0.25) is 0 Å². The van der Waals surface area contributed by atoms with Crippen LogP contribution in [-0.2, 0) is 0 Å². The summed E-state index contributed by atoms with van der Waals surface area (Å²) in [5.74, 6) is 0.948. The molecule has 1 heterocycles. The molecule has 1 saturated heterocycles. The second-order valence-corrected chi connectivity index (χ2v) is 6.37. The summed E-state index contributed by atoms with van der Waals surface area (Å²) < 4.78 is 43.9. The van der Waals surface area contributed by atoms with Crippen molar-refractivity contribution in [1.29, 1.82) is 0 Å². The molecule has 1 aromatic carbocycles. The lowest BCUT2D eigenvalue weighted by atomic mass is 9.99. The van der Waals surface area contributed by atoms with E-state index in [-0.39, 0.29) is 18.3 Å². The molecule has 0 amide bonds. The zero-order valence-corrected chi connectivity index (χ0v) is 14.4. The van der Waals surface area contributed by atoms with E-state index >= 15 is 0 Å². The lowest BCUT2D eigenvalue weighted by Crippen LogP contribution is -2.42. The second kappa shape index (κ2) is 8.43. The fraction of sp³-hybridized carbons (Fsp3) is 0.571. The number of alkyl halides is 3. The van der Waals surface area contributed by atoms with Gasteiger partial charge in [-0.1, -0.05) is 0 Å². The first-order chi connectivity index (χ1) is 9.42. The molecule has 0 aromatic heterocycles. The fourth-order valence-electron chi connectivity index (χ4n) is 2.43. The number of likely N-dealkylation sites (tertiary alicyclic amines) is 1. The van der Waals surface area contributed by atoms with Crippen molar-refractivity contribution in [2.45, 2.75) is 19.0 Å². The average molecular weight is 436 g/mol. The van der Waals surface area contributed by atoms with Crippen molar-refractivity contribution in [2.75, 3.05) is 26.2 Å². The molecular weight excluding hydrogens is 418 g/mol. The summed E-state index contributed by atoms with van der Waals surface area (Å²) in [5.41, 5.74) is 0. The molecule has 0 spiro atoms. The first kappa shape index (κ1) is 18.8. The summed E-state index contributed by atoms with van der Waals surface area (Å²) >= 11 is 2.21. The first-order valence-electron chi connectivity index (χ1n) is 6.60.